The molecule has 0 aliphatic heterocycles. The normalized spacial score (nSPS) is 10.8. The van der Waals surface area contributed by atoms with Crippen LogP contribution in [-0.2, 0) is 14.1 Å². The number of hydrogen-bond acceptors (Lipinski definition) is 5. The summed E-state index contributed by atoms with van der Waals surface area (Å²) in [6.45, 7) is 0. The molecule has 4 rings (SSSR count). The molecule has 2 aromatic carbocycles. The smallest absolute Gasteiger partial charge is 0.276 e. The van der Waals surface area contributed by atoms with Gasteiger partial charge in [-0.05, 0) is 30.3 Å². The summed E-state index contributed by atoms with van der Waals surface area (Å²) in [7, 11) is 3.25. The van der Waals surface area contributed by atoms with E-state index in [-0.39, 0.29) is 17.0 Å². The van der Waals surface area contributed by atoms with Crippen LogP contribution < -0.4 is 10.9 Å². The average Bonchev–Trinajstić information content (AvgIpc) is 3.16. The highest BCUT2D eigenvalue weighted by atomic mass is 16.2. The summed E-state index contributed by atoms with van der Waals surface area (Å²) in [6.07, 6.45) is 3.26. The van der Waals surface area contributed by atoms with Gasteiger partial charge in [0.05, 0.1) is 5.39 Å². The number of nitrogens with one attached hydrogen (secondary N) is 1. The molecule has 0 unspecified atom stereocenters. The molecule has 0 fully saturated rings. The first-order valence-corrected chi connectivity index (χ1v) is 8.85. The van der Waals surface area contributed by atoms with Crippen LogP contribution in [0.5, 0.6) is 0 Å². The molecule has 0 atom stereocenters. The summed E-state index contributed by atoms with van der Waals surface area (Å²) < 4.78 is 2.79. The Morgan fingerprint density at radius 3 is 2.31 bits per heavy atom. The van der Waals surface area contributed by atoms with Gasteiger partial charge in [-0.1, -0.05) is 18.2 Å². The molecule has 0 spiro atoms. The molecule has 144 valence electrons. The molecular weight excluding hydrogens is 370 g/mol. The maximum Gasteiger partial charge on any atom is 0.276 e. The van der Waals surface area contributed by atoms with Crippen LogP contribution in [0.2, 0.25) is 0 Å². The topological polar surface area (TPSA) is 98.9 Å². The molecule has 1 amide bonds. The quantitative estimate of drug-likeness (QED) is 0.541. The summed E-state index contributed by atoms with van der Waals surface area (Å²) in [4.78, 5) is 41.5. The van der Waals surface area contributed by atoms with E-state index >= 15 is 0 Å². The van der Waals surface area contributed by atoms with Crippen LogP contribution in [-0.4, -0.2) is 31.0 Å². The molecule has 1 N–H and O–H groups in total. The van der Waals surface area contributed by atoms with Crippen LogP contribution in [0.25, 0.3) is 10.8 Å². The molecule has 0 saturated carbocycles. The summed E-state index contributed by atoms with van der Waals surface area (Å²) >= 11 is 0. The van der Waals surface area contributed by atoms with Crippen molar-refractivity contribution in [3.63, 3.8) is 0 Å². The molecule has 0 bridgehead atoms. The maximum atomic E-state index is 12.8. The molecule has 0 aliphatic rings. The van der Waals surface area contributed by atoms with Gasteiger partial charge < -0.3 is 9.88 Å². The van der Waals surface area contributed by atoms with Gasteiger partial charge in [-0.15, -0.1) is 0 Å². The Balaban J connectivity index is 1.61. The van der Waals surface area contributed by atoms with E-state index in [1.54, 1.807) is 72.5 Å². The second kappa shape index (κ2) is 7.16. The Hall–Kier alpha value is -4.07. The Morgan fingerprint density at radius 1 is 0.966 bits per heavy atom. The number of anilines is 1. The number of benzene rings is 2. The lowest BCUT2D eigenvalue weighted by Gasteiger charge is -2.09. The minimum atomic E-state index is -0.444. The van der Waals surface area contributed by atoms with Gasteiger partial charge >= 0.3 is 0 Å². The number of aromatic nitrogens is 4. The number of nitrogens with zero attached hydrogens (tertiary/aromatic N) is 4. The van der Waals surface area contributed by atoms with Crippen LogP contribution in [0.1, 0.15) is 26.7 Å². The first kappa shape index (κ1) is 18.3. The number of imidazole rings is 1. The zero-order chi connectivity index (χ0) is 20.5. The van der Waals surface area contributed by atoms with E-state index in [1.165, 1.54) is 7.05 Å². The van der Waals surface area contributed by atoms with Crippen molar-refractivity contribution < 1.29 is 9.59 Å². The van der Waals surface area contributed by atoms with Gasteiger partial charge in [0.2, 0.25) is 5.78 Å². The standard InChI is InChI=1S/C21H17N5O3/c1-25-12-11-22-19(25)18(27)13-7-9-14(10-8-13)23-20(28)17-15-5-3-4-6-16(15)21(29)26(2)24-17/h3-12H,1-2H3,(H,23,28). The number of ketones is 1. The third-order valence-electron chi connectivity index (χ3n) is 4.60. The first-order valence-electron chi connectivity index (χ1n) is 8.85. The summed E-state index contributed by atoms with van der Waals surface area (Å²) in [5.41, 5.74) is 0.847. The van der Waals surface area contributed by atoms with Crippen molar-refractivity contribution in [1.82, 2.24) is 19.3 Å². The summed E-state index contributed by atoms with van der Waals surface area (Å²) in [5, 5.41) is 7.78. The van der Waals surface area contributed by atoms with Crippen LogP contribution >= 0.6 is 0 Å². The highest BCUT2D eigenvalue weighted by molar-refractivity contribution is 6.11. The van der Waals surface area contributed by atoms with E-state index in [0.29, 0.717) is 27.8 Å². The van der Waals surface area contributed by atoms with Crippen LogP contribution in [0.15, 0.2) is 65.7 Å². The second-order valence-corrected chi connectivity index (χ2v) is 6.55. The van der Waals surface area contributed by atoms with Gasteiger partial charge in [0.15, 0.2) is 11.5 Å². The molecule has 0 radical (unpaired) electrons. The molecule has 2 heterocycles. The number of hydrogen-bond donors (Lipinski definition) is 1. The Bertz CT molecular complexity index is 1300. The Kier molecular flexibility index (Phi) is 4.52. The van der Waals surface area contributed by atoms with Gasteiger partial charge in [0, 0.05) is 43.1 Å². The molecule has 2 aromatic heterocycles. The van der Waals surface area contributed by atoms with Crippen molar-refractivity contribution in [3.8, 4) is 0 Å². The second-order valence-electron chi connectivity index (χ2n) is 6.55. The zero-order valence-electron chi connectivity index (χ0n) is 15.8. The fourth-order valence-electron chi connectivity index (χ4n) is 3.08. The van der Waals surface area contributed by atoms with E-state index in [9.17, 15) is 14.4 Å². The van der Waals surface area contributed by atoms with E-state index in [2.05, 4.69) is 15.4 Å². The highest BCUT2D eigenvalue weighted by Crippen LogP contribution is 2.17. The van der Waals surface area contributed by atoms with Gasteiger partial charge in [-0.3, -0.25) is 14.4 Å². The lowest BCUT2D eigenvalue weighted by Crippen LogP contribution is -2.25. The lowest BCUT2D eigenvalue weighted by molar-refractivity contribution is 0.101. The van der Waals surface area contributed by atoms with Crippen LogP contribution in [0.4, 0.5) is 5.69 Å². The predicted octanol–water partition coefficient (Wildman–Crippen LogP) is 2.15. The average molecular weight is 387 g/mol. The number of carbonyl (C=O) groups is 2. The third-order valence-corrected chi connectivity index (χ3v) is 4.60. The summed E-state index contributed by atoms with van der Waals surface area (Å²) in [6, 6.07) is 13.4. The third kappa shape index (κ3) is 3.31. The van der Waals surface area contributed by atoms with Crippen molar-refractivity contribution >= 4 is 28.2 Å². The van der Waals surface area contributed by atoms with Crippen molar-refractivity contribution in [3.05, 3.63) is 88.4 Å². The number of aryl methyl sites for hydroxylation is 2. The Labute approximate surface area is 165 Å². The van der Waals surface area contributed by atoms with Gasteiger partial charge in [0.1, 0.15) is 0 Å². The highest BCUT2D eigenvalue weighted by Gasteiger charge is 2.17. The fourth-order valence-corrected chi connectivity index (χ4v) is 3.08. The van der Waals surface area contributed by atoms with E-state index in [1.807, 2.05) is 0 Å². The zero-order valence-corrected chi connectivity index (χ0v) is 15.8. The minimum absolute atomic E-state index is 0.149. The molecule has 0 saturated heterocycles. The number of fused-ring (bicyclic) bond motifs is 1. The lowest BCUT2D eigenvalue weighted by atomic mass is 10.1. The largest absolute Gasteiger partial charge is 0.331 e. The van der Waals surface area contributed by atoms with Crippen LogP contribution in [0.3, 0.4) is 0 Å². The van der Waals surface area contributed by atoms with Gasteiger partial charge in [-0.25, -0.2) is 9.67 Å². The maximum absolute atomic E-state index is 12.8. The van der Waals surface area contributed by atoms with Crippen molar-refractivity contribution in [2.24, 2.45) is 14.1 Å². The molecular formula is C21H17N5O3. The number of carbonyl (C=O) groups excluding carboxylic acids is 2. The Morgan fingerprint density at radius 2 is 1.66 bits per heavy atom. The first-order chi connectivity index (χ1) is 14.0. The van der Waals surface area contributed by atoms with Crippen molar-refractivity contribution in [1.29, 1.82) is 0 Å². The SMILES string of the molecule is Cn1ccnc1C(=O)c1ccc(NC(=O)c2nn(C)c(=O)c3ccccc23)cc1. The van der Waals surface area contributed by atoms with Gasteiger partial charge in [0.25, 0.3) is 11.5 Å². The predicted molar refractivity (Wildman–Crippen MR) is 108 cm³/mol. The monoisotopic (exact) mass is 387 g/mol. The fraction of sp³-hybridized carbons (Fsp3) is 0.0952. The molecule has 0 aliphatic carbocycles. The van der Waals surface area contributed by atoms with E-state index < -0.39 is 5.91 Å². The molecule has 4 aromatic rings. The van der Waals surface area contributed by atoms with Gasteiger partial charge in [-0.2, -0.15) is 5.10 Å². The molecule has 8 nitrogen and oxygen atoms in total. The van der Waals surface area contributed by atoms with Crippen LogP contribution in [0, 0.1) is 0 Å². The minimum Gasteiger partial charge on any atom is -0.331 e. The van der Waals surface area contributed by atoms with Crippen molar-refractivity contribution in [2.45, 2.75) is 0 Å². The summed E-state index contributed by atoms with van der Waals surface area (Å²) in [5.74, 6) is -0.316. The number of rotatable bonds is 4. The molecule has 8 heteroatoms. The van der Waals surface area contributed by atoms with Crippen molar-refractivity contribution in [2.75, 3.05) is 5.32 Å². The molecule has 29 heavy (non-hydrogen) atoms. The van der Waals surface area contributed by atoms with E-state index in [4.69, 9.17) is 0 Å². The van der Waals surface area contributed by atoms with E-state index in [0.717, 1.165) is 4.68 Å². The number of amides is 1.